The van der Waals surface area contributed by atoms with Crippen LogP contribution in [0.2, 0.25) is 0 Å². The van der Waals surface area contributed by atoms with Gasteiger partial charge in [0.05, 0.1) is 6.26 Å². The van der Waals surface area contributed by atoms with E-state index in [0.29, 0.717) is 6.08 Å². The molecule has 0 spiro atoms. The van der Waals surface area contributed by atoms with E-state index in [9.17, 15) is 9.59 Å². The van der Waals surface area contributed by atoms with Gasteiger partial charge in [-0.25, -0.2) is 9.59 Å². The van der Waals surface area contributed by atoms with E-state index in [2.05, 4.69) is 0 Å². The molecular formula is C8H6O5. The molecule has 5 heteroatoms. The number of hydrogen-bond acceptors (Lipinski definition) is 3. The normalized spacial score (nSPS) is 11.2. The van der Waals surface area contributed by atoms with Gasteiger partial charge in [-0.1, -0.05) is 0 Å². The fourth-order valence-electron chi connectivity index (χ4n) is 0.794. The number of furan rings is 1. The summed E-state index contributed by atoms with van der Waals surface area (Å²) in [6.45, 7) is 0. The molecule has 1 heterocycles. The predicted octanol–water partition coefficient (Wildman–Crippen LogP) is 0.832. The highest BCUT2D eigenvalue weighted by Gasteiger charge is 2.14. The second-order valence-corrected chi connectivity index (χ2v) is 2.18. The second kappa shape index (κ2) is 3.57. The number of aliphatic carboxylic acids is 2. The third-order valence-corrected chi connectivity index (χ3v) is 1.28. The van der Waals surface area contributed by atoms with Gasteiger partial charge in [-0.2, -0.15) is 0 Å². The largest absolute Gasteiger partial charge is 0.478 e. The van der Waals surface area contributed by atoms with Gasteiger partial charge in [0.2, 0.25) is 0 Å². The summed E-state index contributed by atoms with van der Waals surface area (Å²) < 4.78 is 4.75. The zero-order valence-electron chi connectivity index (χ0n) is 6.43. The molecular weight excluding hydrogens is 176 g/mol. The zero-order chi connectivity index (χ0) is 9.84. The zero-order valence-corrected chi connectivity index (χ0v) is 6.43. The Labute approximate surface area is 72.9 Å². The summed E-state index contributed by atoms with van der Waals surface area (Å²) in [7, 11) is 0. The van der Waals surface area contributed by atoms with Gasteiger partial charge in [0.15, 0.2) is 0 Å². The number of hydrogen-bond donors (Lipinski definition) is 2. The smallest absolute Gasteiger partial charge is 0.339 e. The summed E-state index contributed by atoms with van der Waals surface area (Å²) in [5, 5.41) is 17.0. The molecule has 0 radical (unpaired) electrons. The average Bonchev–Trinajstić information content (AvgIpc) is 2.50. The van der Waals surface area contributed by atoms with Crippen molar-refractivity contribution in [3.8, 4) is 0 Å². The minimum atomic E-state index is -1.34. The van der Waals surface area contributed by atoms with Crippen molar-refractivity contribution >= 4 is 17.5 Å². The lowest BCUT2D eigenvalue weighted by Crippen LogP contribution is -2.02. The minimum absolute atomic E-state index is 0.0231. The molecule has 0 bridgehead atoms. The fourth-order valence-corrected chi connectivity index (χ4v) is 0.794. The summed E-state index contributed by atoms with van der Waals surface area (Å²) in [5.41, 5.74) is -0.377. The Morgan fingerprint density at radius 1 is 1.38 bits per heavy atom. The monoisotopic (exact) mass is 182 g/mol. The molecule has 0 aliphatic rings. The van der Waals surface area contributed by atoms with Crippen LogP contribution < -0.4 is 0 Å². The summed E-state index contributed by atoms with van der Waals surface area (Å²) >= 11 is 0. The van der Waals surface area contributed by atoms with Crippen LogP contribution in [0.4, 0.5) is 0 Å². The first-order valence-corrected chi connectivity index (χ1v) is 3.33. The number of carbonyl (C=O) groups is 2. The van der Waals surface area contributed by atoms with Crippen molar-refractivity contribution < 1.29 is 24.2 Å². The van der Waals surface area contributed by atoms with Crippen molar-refractivity contribution in [3.05, 3.63) is 30.2 Å². The van der Waals surface area contributed by atoms with Crippen LogP contribution in [0, 0.1) is 0 Å². The highest BCUT2D eigenvalue weighted by Crippen LogP contribution is 2.14. The first kappa shape index (κ1) is 9.05. The third-order valence-electron chi connectivity index (χ3n) is 1.28. The van der Waals surface area contributed by atoms with Gasteiger partial charge in [0.1, 0.15) is 11.3 Å². The highest BCUT2D eigenvalue weighted by atomic mass is 16.4. The van der Waals surface area contributed by atoms with Gasteiger partial charge in [-0.15, -0.1) is 0 Å². The van der Waals surface area contributed by atoms with E-state index in [1.165, 1.54) is 18.4 Å². The van der Waals surface area contributed by atoms with E-state index in [4.69, 9.17) is 14.6 Å². The van der Waals surface area contributed by atoms with Crippen LogP contribution in [0.25, 0.3) is 5.57 Å². The maximum Gasteiger partial charge on any atom is 0.339 e. The van der Waals surface area contributed by atoms with Crippen molar-refractivity contribution in [1.82, 2.24) is 0 Å². The Morgan fingerprint density at radius 3 is 2.46 bits per heavy atom. The van der Waals surface area contributed by atoms with Crippen LogP contribution in [-0.2, 0) is 9.59 Å². The molecule has 0 fully saturated rings. The molecule has 0 aliphatic carbocycles. The van der Waals surface area contributed by atoms with Crippen LogP contribution in [0.15, 0.2) is 28.9 Å². The van der Waals surface area contributed by atoms with Gasteiger partial charge in [0.25, 0.3) is 0 Å². The Hall–Kier alpha value is -2.04. The molecule has 2 N–H and O–H groups in total. The molecule has 1 aromatic heterocycles. The molecule has 0 saturated carbocycles. The van der Waals surface area contributed by atoms with Crippen LogP contribution >= 0.6 is 0 Å². The lowest BCUT2D eigenvalue weighted by molar-refractivity contribution is -0.133. The Morgan fingerprint density at radius 2 is 2.08 bits per heavy atom. The minimum Gasteiger partial charge on any atom is -0.478 e. The van der Waals surface area contributed by atoms with Crippen LogP contribution in [-0.4, -0.2) is 22.2 Å². The first-order valence-electron chi connectivity index (χ1n) is 3.33. The van der Waals surface area contributed by atoms with Crippen molar-refractivity contribution in [2.75, 3.05) is 0 Å². The average molecular weight is 182 g/mol. The van der Waals surface area contributed by atoms with Crippen LogP contribution in [0.1, 0.15) is 5.76 Å². The highest BCUT2D eigenvalue weighted by molar-refractivity contribution is 6.18. The lowest BCUT2D eigenvalue weighted by atomic mass is 10.2. The molecule has 1 rings (SSSR count). The quantitative estimate of drug-likeness (QED) is 0.676. The molecule has 0 aromatic carbocycles. The van der Waals surface area contributed by atoms with E-state index in [1.54, 1.807) is 0 Å². The lowest BCUT2D eigenvalue weighted by Gasteiger charge is -1.94. The SMILES string of the molecule is O=C(O)/C=C(\C(=O)O)c1ccco1. The van der Waals surface area contributed by atoms with Gasteiger partial charge in [-0.3, -0.25) is 0 Å². The Bertz CT molecular complexity index is 347. The van der Waals surface area contributed by atoms with Crippen molar-refractivity contribution in [2.24, 2.45) is 0 Å². The van der Waals surface area contributed by atoms with E-state index >= 15 is 0 Å². The van der Waals surface area contributed by atoms with E-state index in [1.807, 2.05) is 0 Å². The molecule has 0 unspecified atom stereocenters. The molecule has 68 valence electrons. The van der Waals surface area contributed by atoms with Gasteiger partial charge in [0, 0.05) is 6.08 Å². The fraction of sp³-hybridized carbons (Fsp3) is 0. The van der Waals surface area contributed by atoms with Crippen molar-refractivity contribution in [2.45, 2.75) is 0 Å². The van der Waals surface area contributed by atoms with Crippen LogP contribution in [0.5, 0.6) is 0 Å². The van der Waals surface area contributed by atoms with Gasteiger partial charge < -0.3 is 14.6 Å². The van der Waals surface area contributed by atoms with Gasteiger partial charge >= 0.3 is 11.9 Å². The summed E-state index contributed by atoms with van der Waals surface area (Å²) in [6.07, 6.45) is 1.86. The third kappa shape index (κ3) is 2.19. The van der Waals surface area contributed by atoms with Gasteiger partial charge in [-0.05, 0) is 12.1 Å². The summed E-state index contributed by atoms with van der Waals surface area (Å²) in [6, 6.07) is 2.86. The first-order chi connectivity index (χ1) is 6.11. The number of carboxylic acids is 2. The molecule has 0 atom stereocenters. The Balaban J connectivity index is 3.08. The van der Waals surface area contributed by atoms with E-state index in [-0.39, 0.29) is 11.3 Å². The molecule has 0 aliphatic heterocycles. The maximum atomic E-state index is 10.5. The second-order valence-electron chi connectivity index (χ2n) is 2.18. The topological polar surface area (TPSA) is 87.7 Å². The molecule has 13 heavy (non-hydrogen) atoms. The van der Waals surface area contributed by atoms with Crippen molar-refractivity contribution in [1.29, 1.82) is 0 Å². The van der Waals surface area contributed by atoms with E-state index < -0.39 is 11.9 Å². The van der Waals surface area contributed by atoms with Crippen LogP contribution in [0.3, 0.4) is 0 Å². The maximum absolute atomic E-state index is 10.5. The summed E-state index contributed by atoms with van der Waals surface area (Å²) in [4.78, 5) is 20.8. The number of rotatable bonds is 3. The number of carboxylic acid groups (broad SMARTS) is 2. The molecule has 0 amide bonds. The predicted molar refractivity (Wildman–Crippen MR) is 42.0 cm³/mol. The summed E-state index contributed by atoms with van der Waals surface area (Å²) in [5.74, 6) is -2.64. The standard InChI is InChI=1S/C8H6O5/c9-7(10)4-5(8(11)12)6-2-1-3-13-6/h1-4H,(H,9,10)(H,11,12)/b5-4-. The molecule has 1 aromatic rings. The van der Waals surface area contributed by atoms with Crippen molar-refractivity contribution in [3.63, 3.8) is 0 Å². The molecule has 5 nitrogen and oxygen atoms in total. The molecule has 0 saturated heterocycles. The Kier molecular flexibility index (Phi) is 2.49. The van der Waals surface area contributed by atoms with E-state index in [0.717, 1.165) is 0 Å².